The third-order valence-corrected chi connectivity index (χ3v) is 4.67. The van der Waals surface area contributed by atoms with Crippen molar-refractivity contribution in [2.75, 3.05) is 24.8 Å². The second-order valence-electron chi connectivity index (χ2n) is 5.57. The number of fused-ring (bicyclic) bond motifs is 1. The zero-order valence-corrected chi connectivity index (χ0v) is 15.4. The lowest BCUT2D eigenvalue weighted by atomic mass is 10.2. The Kier molecular flexibility index (Phi) is 5.54. The Morgan fingerprint density at radius 1 is 1.15 bits per heavy atom. The lowest BCUT2D eigenvalue weighted by Crippen LogP contribution is -2.37. The van der Waals surface area contributed by atoms with Gasteiger partial charge in [0.25, 0.3) is 5.91 Å². The lowest BCUT2D eigenvalue weighted by molar-refractivity contribution is -0.116. The fourth-order valence-corrected chi connectivity index (χ4v) is 2.97. The van der Waals surface area contributed by atoms with E-state index in [9.17, 15) is 9.59 Å². The number of nitrogens with one attached hydrogen (secondary N) is 1. The molecule has 0 saturated carbocycles. The third-order valence-electron chi connectivity index (χ3n) is 3.86. The number of anilines is 1. The second kappa shape index (κ2) is 7.85. The van der Waals surface area contributed by atoms with E-state index in [0.717, 1.165) is 0 Å². The number of carbonyl (C=O) groups excluding carboxylic acids is 2. The van der Waals surface area contributed by atoms with E-state index in [1.165, 1.54) is 11.8 Å². The molecule has 0 radical (unpaired) electrons. The van der Waals surface area contributed by atoms with E-state index < -0.39 is 0 Å². The first kappa shape index (κ1) is 18.4. The molecule has 0 bridgehead atoms. The van der Waals surface area contributed by atoms with Crippen LogP contribution in [-0.2, 0) is 4.79 Å². The van der Waals surface area contributed by atoms with Crippen molar-refractivity contribution in [2.45, 2.75) is 6.92 Å². The maximum atomic E-state index is 12.3. The van der Waals surface area contributed by atoms with Crippen LogP contribution in [-0.4, -0.2) is 31.7 Å². The summed E-state index contributed by atoms with van der Waals surface area (Å²) in [6.07, 6.45) is 0. The number of hydrogen-bond acceptors (Lipinski definition) is 4. The van der Waals surface area contributed by atoms with E-state index in [0.29, 0.717) is 32.8 Å². The van der Waals surface area contributed by atoms with Gasteiger partial charge >= 0.3 is 0 Å². The predicted octanol–water partition coefficient (Wildman–Crippen LogP) is 3.51. The van der Waals surface area contributed by atoms with E-state index >= 15 is 0 Å². The fraction of sp³-hybridized carbons (Fsp3) is 0.222. The van der Waals surface area contributed by atoms with Crippen LogP contribution in [0.1, 0.15) is 17.3 Å². The monoisotopic (exact) mass is 394 g/mol. The minimum absolute atomic E-state index is 0.147. The number of nitrogens with zero attached hydrogens (tertiary/aromatic N) is 1. The van der Waals surface area contributed by atoms with Gasteiger partial charge in [-0.3, -0.25) is 9.59 Å². The molecule has 2 aromatic rings. The van der Waals surface area contributed by atoms with Crippen molar-refractivity contribution in [3.8, 4) is 11.5 Å². The molecule has 8 heteroatoms. The van der Waals surface area contributed by atoms with Crippen molar-refractivity contribution in [1.29, 1.82) is 0 Å². The van der Waals surface area contributed by atoms with Crippen LogP contribution >= 0.6 is 23.2 Å². The number of rotatable bonds is 5. The molecule has 6 nitrogen and oxygen atoms in total. The first-order chi connectivity index (χ1) is 12.5. The fourth-order valence-electron chi connectivity index (χ4n) is 2.57. The lowest BCUT2D eigenvalue weighted by Gasteiger charge is -2.23. The molecule has 0 atom stereocenters. The third kappa shape index (κ3) is 3.86. The smallest absolute Gasteiger partial charge is 0.251 e. The van der Waals surface area contributed by atoms with Gasteiger partial charge in [0.1, 0.15) is 0 Å². The van der Waals surface area contributed by atoms with Crippen LogP contribution in [0.5, 0.6) is 11.5 Å². The van der Waals surface area contributed by atoms with E-state index in [4.69, 9.17) is 32.7 Å². The summed E-state index contributed by atoms with van der Waals surface area (Å²) in [4.78, 5) is 25.7. The van der Waals surface area contributed by atoms with Crippen molar-refractivity contribution in [3.05, 3.63) is 52.0 Å². The summed E-state index contributed by atoms with van der Waals surface area (Å²) in [5, 5.41) is 3.43. The topological polar surface area (TPSA) is 67.9 Å². The Bertz CT molecular complexity index is 857. The molecule has 1 heterocycles. The highest BCUT2D eigenvalue weighted by Gasteiger charge is 2.18. The average Bonchev–Trinajstić information content (AvgIpc) is 3.09. The molecule has 0 aliphatic carbocycles. The summed E-state index contributed by atoms with van der Waals surface area (Å²) < 4.78 is 10.5. The number of benzene rings is 2. The average molecular weight is 395 g/mol. The van der Waals surface area contributed by atoms with Gasteiger partial charge in [-0.2, -0.15) is 0 Å². The highest BCUT2D eigenvalue weighted by atomic mass is 35.5. The highest BCUT2D eigenvalue weighted by molar-refractivity contribution is 6.44. The largest absolute Gasteiger partial charge is 0.454 e. The van der Waals surface area contributed by atoms with Gasteiger partial charge in [0, 0.05) is 25.6 Å². The normalized spacial score (nSPS) is 12.0. The molecule has 1 N–H and O–H groups in total. The number of halogens is 2. The van der Waals surface area contributed by atoms with Crippen LogP contribution in [0.3, 0.4) is 0 Å². The Morgan fingerprint density at radius 2 is 1.92 bits per heavy atom. The van der Waals surface area contributed by atoms with Gasteiger partial charge in [-0.15, -0.1) is 0 Å². The summed E-state index contributed by atoms with van der Waals surface area (Å²) in [6, 6.07) is 10.0. The molecule has 136 valence electrons. The number of carbonyl (C=O) groups is 2. The van der Waals surface area contributed by atoms with Crippen molar-refractivity contribution < 1.29 is 19.1 Å². The number of ether oxygens (including phenoxy) is 2. The van der Waals surface area contributed by atoms with Gasteiger partial charge in [0.15, 0.2) is 11.5 Å². The molecule has 1 aliphatic rings. The quantitative estimate of drug-likeness (QED) is 0.842. The van der Waals surface area contributed by atoms with Crippen molar-refractivity contribution >= 4 is 40.7 Å². The van der Waals surface area contributed by atoms with Gasteiger partial charge in [0.2, 0.25) is 12.7 Å². The minimum atomic E-state index is -0.274. The standard InChI is InChI=1S/C18H16Cl2N2O4/c1-11(23)22(14-4-2-3-13(19)17(14)20)8-7-21-18(24)12-5-6-15-16(9-12)26-10-25-15/h2-6,9H,7-8,10H2,1H3,(H,21,24). The molecule has 2 amide bonds. The zero-order valence-electron chi connectivity index (χ0n) is 13.9. The molecule has 3 rings (SSSR count). The van der Waals surface area contributed by atoms with Crippen LogP contribution in [0.2, 0.25) is 10.0 Å². The van der Waals surface area contributed by atoms with Crippen LogP contribution < -0.4 is 19.7 Å². The van der Waals surface area contributed by atoms with Crippen LogP contribution in [0, 0.1) is 0 Å². The molecule has 0 aromatic heterocycles. The first-order valence-electron chi connectivity index (χ1n) is 7.87. The molecular weight excluding hydrogens is 379 g/mol. The second-order valence-corrected chi connectivity index (χ2v) is 6.35. The Hall–Kier alpha value is -2.44. The van der Waals surface area contributed by atoms with Gasteiger partial charge in [0.05, 0.1) is 15.7 Å². The van der Waals surface area contributed by atoms with E-state index in [2.05, 4.69) is 5.32 Å². The van der Waals surface area contributed by atoms with Crippen molar-refractivity contribution in [1.82, 2.24) is 5.32 Å². The van der Waals surface area contributed by atoms with Crippen molar-refractivity contribution in [2.24, 2.45) is 0 Å². The summed E-state index contributed by atoms with van der Waals surface area (Å²) in [5.74, 6) is 0.670. The molecule has 1 aliphatic heterocycles. The Labute approximate surface area is 160 Å². The Balaban J connectivity index is 1.64. The molecular formula is C18H16Cl2N2O4. The van der Waals surface area contributed by atoms with Crippen molar-refractivity contribution in [3.63, 3.8) is 0 Å². The molecule has 0 fully saturated rings. The summed E-state index contributed by atoms with van der Waals surface area (Å²) >= 11 is 12.2. The SMILES string of the molecule is CC(=O)N(CCNC(=O)c1ccc2c(c1)OCO2)c1cccc(Cl)c1Cl. The van der Waals surface area contributed by atoms with E-state index in [1.807, 2.05) is 0 Å². The molecule has 0 saturated heterocycles. The maximum Gasteiger partial charge on any atom is 0.251 e. The molecule has 2 aromatic carbocycles. The minimum Gasteiger partial charge on any atom is -0.454 e. The van der Waals surface area contributed by atoms with Crippen LogP contribution in [0.4, 0.5) is 5.69 Å². The van der Waals surface area contributed by atoms with E-state index in [1.54, 1.807) is 36.4 Å². The zero-order chi connectivity index (χ0) is 18.7. The van der Waals surface area contributed by atoms with Gasteiger partial charge in [-0.1, -0.05) is 29.3 Å². The predicted molar refractivity (Wildman–Crippen MR) is 99.4 cm³/mol. The first-order valence-corrected chi connectivity index (χ1v) is 8.63. The summed E-state index contributed by atoms with van der Waals surface area (Å²) in [6.45, 7) is 2.08. The maximum absolute atomic E-state index is 12.3. The van der Waals surface area contributed by atoms with Gasteiger partial charge < -0.3 is 19.7 Å². The van der Waals surface area contributed by atoms with Gasteiger partial charge in [-0.25, -0.2) is 0 Å². The summed E-state index contributed by atoms with van der Waals surface area (Å²) in [7, 11) is 0. The molecule has 0 unspecified atom stereocenters. The number of hydrogen-bond donors (Lipinski definition) is 1. The molecule has 0 spiro atoms. The highest BCUT2D eigenvalue weighted by Crippen LogP contribution is 2.33. The van der Waals surface area contributed by atoms with Crippen LogP contribution in [0.25, 0.3) is 0 Å². The molecule has 26 heavy (non-hydrogen) atoms. The Morgan fingerprint density at radius 3 is 2.69 bits per heavy atom. The van der Waals surface area contributed by atoms with E-state index in [-0.39, 0.29) is 31.7 Å². The van der Waals surface area contributed by atoms with Crippen LogP contribution in [0.15, 0.2) is 36.4 Å². The number of amides is 2. The summed E-state index contributed by atoms with van der Waals surface area (Å²) in [5.41, 5.74) is 0.952. The van der Waals surface area contributed by atoms with Gasteiger partial charge in [-0.05, 0) is 30.3 Å².